The lowest BCUT2D eigenvalue weighted by Crippen LogP contribution is -2.29. The minimum Gasteiger partial charge on any atom is -0.378 e. The molecule has 0 aromatic carbocycles. The molecule has 0 atom stereocenters. The third-order valence-corrected chi connectivity index (χ3v) is 2.49. The van der Waals surface area contributed by atoms with Crippen molar-refractivity contribution in [3.8, 4) is 12.3 Å². The van der Waals surface area contributed by atoms with Crippen molar-refractivity contribution in [1.82, 2.24) is 4.72 Å². The van der Waals surface area contributed by atoms with E-state index in [-0.39, 0.29) is 25.0 Å². The summed E-state index contributed by atoms with van der Waals surface area (Å²) in [6.07, 6.45) is 4.95. The van der Waals surface area contributed by atoms with Crippen LogP contribution in [0.2, 0.25) is 0 Å². The van der Waals surface area contributed by atoms with Gasteiger partial charge in [-0.3, -0.25) is 0 Å². The lowest BCUT2D eigenvalue weighted by Gasteiger charge is -2.07. The molecule has 4 nitrogen and oxygen atoms in total. The van der Waals surface area contributed by atoms with E-state index in [1.807, 2.05) is 13.8 Å². The van der Waals surface area contributed by atoms with Gasteiger partial charge in [-0.25, -0.2) is 13.1 Å². The Labute approximate surface area is 79.7 Å². The van der Waals surface area contributed by atoms with Gasteiger partial charge in [0.1, 0.15) is 0 Å². The lowest BCUT2D eigenvalue weighted by atomic mass is 10.5. The molecule has 0 unspecified atom stereocenters. The Kier molecular flexibility index (Phi) is 5.71. The minimum atomic E-state index is -3.26. The monoisotopic (exact) mass is 205 g/mol. The molecule has 0 amide bonds. The van der Waals surface area contributed by atoms with Gasteiger partial charge in [-0.15, -0.1) is 6.42 Å². The summed E-state index contributed by atoms with van der Waals surface area (Å²) in [7, 11) is -3.26. The van der Waals surface area contributed by atoms with Crippen molar-refractivity contribution in [3.05, 3.63) is 0 Å². The van der Waals surface area contributed by atoms with Gasteiger partial charge in [0.05, 0.1) is 25.0 Å². The summed E-state index contributed by atoms with van der Waals surface area (Å²) in [5.41, 5.74) is 0. The normalized spacial score (nSPS) is 11.5. The molecule has 0 spiro atoms. The molecule has 0 saturated carbocycles. The molecule has 0 aromatic rings. The van der Waals surface area contributed by atoms with Crippen LogP contribution < -0.4 is 4.72 Å². The zero-order valence-electron chi connectivity index (χ0n) is 7.91. The van der Waals surface area contributed by atoms with E-state index in [0.717, 1.165) is 0 Å². The van der Waals surface area contributed by atoms with Gasteiger partial charge in [-0.05, 0) is 13.8 Å². The summed E-state index contributed by atoms with van der Waals surface area (Å²) >= 11 is 0. The predicted octanol–water partition coefficient (Wildman–Crippen LogP) is -0.0360. The van der Waals surface area contributed by atoms with Gasteiger partial charge >= 0.3 is 0 Å². The van der Waals surface area contributed by atoms with Crippen LogP contribution in [0.1, 0.15) is 13.8 Å². The highest BCUT2D eigenvalue weighted by atomic mass is 32.2. The maximum Gasteiger partial charge on any atom is 0.214 e. The molecule has 0 rings (SSSR count). The standard InChI is InChI=1S/C8H15NO3S/c1-4-5-9-13(10,11)7-6-12-8(2)3/h1,8-9H,5-7H2,2-3H3. The summed E-state index contributed by atoms with van der Waals surface area (Å²) < 4.78 is 29.5. The molecule has 0 aliphatic carbocycles. The van der Waals surface area contributed by atoms with Gasteiger partial charge in [-0.2, -0.15) is 0 Å². The topological polar surface area (TPSA) is 55.4 Å². The molecule has 0 aliphatic heterocycles. The van der Waals surface area contributed by atoms with Crippen LogP contribution in [0.25, 0.3) is 0 Å². The van der Waals surface area contributed by atoms with Crippen LogP contribution in [-0.2, 0) is 14.8 Å². The summed E-state index contributed by atoms with van der Waals surface area (Å²) in [6.45, 7) is 3.92. The van der Waals surface area contributed by atoms with Gasteiger partial charge in [-0.1, -0.05) is 5.92 Å². The molecule has 0 fully saturated rings. The first-order valence-electron chi connectivity index (χ1n) is 4.00. The van der Waals surface area contributed by atoms with Crippen molar-refractivity contribution in [2.45, 2.75) is 20.0 Å². The molecule has 0 aromatic heterocycles. The van der Waals surface area contributed by atoms with Crippen molar-refractivity contribution in [2.24, 2.45) is 0 Å². The van der Waals surface area contributed by atoms with E-state index >= 15 is 0 Å². The maximum absolute atomic E-state index is 11.1. The fraction of sp³-hybridized carbons (Fsp3) is 0.750. The molecule has 0 aliphatic rings. The average molecular weight is 205 g/mol. The molecular weight excluding hydrogens is 190 g/mol. The lowest BCUT2D eigenvalue weighted by molar-refractivity contribution is 0.0911. The molecule has 5 heteroatoms. The van der Waals surface area contributed by atoms with Crippen LogP contribution in [-0.4, -0.2) is 33.4 Å². The van der Waals surface area contributed by atoms with Crippen LogP contribution in [0.15, 0.2) is 0 Å². The zero-order chi connectivity index (χ0) is 10.3. The summed E-state index contributed by atoms with van der Waals surface area (Å²) in [6, 6.07) is 0. The summed E-state index contributed by atoms with van der Waals surface area (Å²) in [5, 5.41) is 0. The van der Waals surface area contributed by atoms with Crippen molar-refractivity contribution in [3.63, 3.8) is 0 Å². The van der Waals surface area contributed by atoms with Gasteiger partial charge in [0.25, 0.3) is 0 Å². The number of terminal acetylenes is 1. The fourth-order valence-electron chi connectivity index (χ4n) is 0.617. The number of hydrogen-bond acceptors (Lipinski definition) is 3. The predicted molar refractivity (Wildman–Crippen MR) is 51.7 cm³/mol. The second-order valence-corrected chi connectivity index (χ2v) is 4.69. The van der Waals surface area contributed by atoms with E-state index < -0.39 is 10.0 Å². The van der Waals surface area contributed by atoms with Crippen molar-refractivity contribution in [1.29, 1.82) is 0 Å². The highest BCUT2D eigenvalue weighted by Gasteiger charge is 2.08. The van der Waals surface area contributed by atoms with Gasteiger partial charge in [0.15, 0.2) is 0 Å². The minimum absolute atomic E-state index is 0.0318. The highest BCUT2D eigenvalue weighted by Crippen LogP contribution is 1.90. The van der Waals surface area contributed by atoms with Crippen molar-refractivity contribution >= 4 is 10.0 Å². The van der Waals surface area contributed by atoms with E-state index in [4.69, 9.17) is 11.2 Å². The first-order valence-corrected chi connectivity index (χ1v) is 5.65. The van der Waals surface area contributed by atoms with Crippen LogP contribution >= 0.6 is 0 Å². The Bertz CT molecular complexity index is 264. The first-order chi connectivity index (χ1) is 5.98. The van der Waals surface area contributed by atoms with Crippen LogP contribution in [0.5, 0.6) is 0 Å². The number of hydrogen-bond donors (Lipinski definition) is 1. The quantitative estimate of drug-likeness (QED) is 0.619. The molecule has 76 valence electrons. The SMILES string of the molecule is C#CCNS(=O)(=O)CCOC(C)C. The molecule has 0 radical (unpaired) electrons. The average Bonchev–Trinajstić information content (AvgIpc) is 2.00. The third-order valence-electron chi connectivity index (χ3n) is 1.20. The van der Waals surface area contributed by atoms with Crippen molar-refractivity contribution in [2.75, 3.05) is 18.9 Å². The largest absolute Gasteiger partial charge is 0.378 e. The van der Waals surface area contributed by atoms with Gasteiger partial charge < -0.3 is 4.74 Å². The van der Waals surface area contributed by atoms with Gasteiger partial charge in [0.2, 0.25) is 10.0 Å². The number of nitrogens with one attached hydrogen (secondary N) is 1. The fourth-order valence-corrected chi connectivity index (χ4v) is 1.38. The number of rotatable bonds is 6. The smallest absolute Gasteiger partial charge is 0.214 e. The Morgan fingerprint density at radius 1 is 1.54 bits per heavy atom. The number of ether oxygens (including phenoxy) is 1. The van der Waals surface area contributed by atoms with Gasteiger partial charge in [0, 0.05) is 0 Å². The molecule has 13 heavy (non-hydrogen) atoms. The third kappa shape index (κ3) is 7.78. The van der Waals surface area contributed by atoms with Crippen LogP contribution in [0.3, 0.4) is 0 Å². The molecule has 0 bridgehead atoms. The number of sulfonamides is 1. The van der Waals surface area contributed by atoms with E-state index in [1.165, 1.54) is 0 Å². The molecule has 0 heterocycles. The second kappa shape index (κ2) is 5.97. The maximum atomic E-state index is 11.1. The van der Waals surface area contributed by atoms with Crippen molar-refractivity contribution < 1.29 is 13.2 Å². The van der Waals surface area contributed by atoms with Crippen LogP contribution in [0, 0.1) is 12.3 Å². The molecule has 0 saturated heterocycles. The Morgan fingerprint density at radius 2 is 2.15 bits per heavy atom. The first kappa shape index (κ1) is 12.4. The second-order valence-electron chi connectivity index (χ2n) is 2.76. The Morgan fingerprint density at radius 3 is 2.62 bits per heavy atom. The summed E-state index contributed by atoms with van der Waals surface area (Å²) in [4.78, 5) is 0. The Hall–Kier alpha value is -0.570. The molecular formula is C8H15NO3S. The van der Waals surface area contributed by atoms with E-state index in [2.05, 4.69) is 10.6 Å². The van der Waals surface area contributed by atoms with E-state index in [1.54, 1.807) is 0 Å². The van der Waals surface area contributed by atoms with E-state index in [0.29, 0.717) is 0 Å². The zero-order valence-corrected chi connectivity index (χ0v) is 8.73. The van der Waals surface area contributed by atoms with E-state index in [9.17, 15) is 8.42 Å². The summed E-state index contributed by atoms with van der Waals surface area (Å²) in [5.74, 6) is 2.14. The highest BCUT2D eigenvalue weighted by molar-refractivity contribution is 7.89. The molecule has 1 N–H and O–H groups in total. The Balaban J connectivity index is 3.72. The van der Waals surface area contributed by atoms with Crippen LogP contribution in [0.4, 0.5) is 0 Å².